The van der Waals surface area contributed by atoms with Crippen LogP contribution in [-0.4, -0.2) is 21.1 Å². The Bertz CT molecular complexity index is 645. The third-order valence-corrected chi connectivity index (χ3v) is 3.30. The lowest BCUT2D eigenvalue weighted by Gasteiger charge is -2.09. The Labute approximate surface area is 125 Å². The predicted molar refractivity (Wildman–Crippen MR) is 79.3 cm³/mol. The van der Waals surface area contributed by atoms with Crippen LogP contribution in [0.1, 0.15) is 28.7 Å². The molecule has 0 spiro atoms. The van der Waals surface area contributed by atoms with E-state index in [0.717, 1.165) is 0 Å². The first kappa shape index (κ1) is 14.6. The minimum atomic E-state index is -0.451. The number of pyridine rings is 1. The van der Waals surface area contributed by atoms with E-state index < -0.39 is 5.91 Å². The molecule has 6 nitrogen and oxygen atoms in total. The SMILES string of the molecule is CCc1[nH]nc(C(=O)Nc2c(C)cc(Cl)nc2Cl)c1N. The van der Waals surface area contributed by atoms with Crippen LogP contribution in [0.2, 0.25) is 10.3 Å². The standard InChI is InChI=1S/C12H13Cl2N5O/c1-3-6-8(15)10(19-18-6)12(20)17-9-5(2)4-7(13)16-11(9)14/h4H,3,15H2,1-2H3,(H,17,20)(H,18,19). The summed E-state index contributed by atoms with van der Waals surface area (Å²) >= 11 is 11.7. The van der Waals surface area contributed by atoms with Gasteiger partial charge in [0, 0.05) is 0 Å². The lowest BCUT2D eigenvalue weighted by atomic mass is 10.2. The normalized spacial score (nSPS) is 10.6. The third-order valence-electron chi connectivity index (χ3n) is 2.83. The molecule has 0 aliphatic carbocycles. The number of anilines is 2. The number of nitrogens with zero attached hydrogens (tertiary/aromatic N) is 2. The molecule has 0 radical (unpaired) electrons. The predicted octanol–water partition coefficient (Wildman–Crippen LogP) is 2.82. The monoisotopic (exact) mass is 313 g/mol. The van der Waals surface area contributed by atoms with E-state index in [9.17, 15) is 4.79 Å². The van der Waals surface area contributed by atoms with E-state index in [-0.39, 0.29) is 16.0 Å². The molecule has 0 unspecified atom stereocenters. The largest absolute Gasteiger partial charge is 0.395 e. The van der Waals surface area contributed by atoms with E-state index in [1.807, 2.05) is 6.92 Å². The Kier molecular flexibility index (Phi) is 4.15. The minimum absolute atomic E-state index is 0.119. The van der Waals surface area contributed by atoms with Gasteiger partial charge in [-0.15, -0.1) is 0 Å². The number of H-pyrrole nitrogens is 1. The number of amides is 1. The highest BCUT2D eigenvalue weighted by molar-refractivity contribution is 6.35. The lowest BCUT2D eigenvalue weighted by molar-refractivity contribution is 0.102. The number of nitrogens with two attached hydrogens (primary N) is 1. The number of carbonyl (C=O) groups is 1. The van der Waals surface area contributed by atoms with Crippen LogP contribution in [0.3, 0.4) is 0 Å². The second-order valence-electron chi connectivity index (χ2n) is 4.20. The third kappa shape index (κ3) is 2.71. The van der Waals surface area contributed by atoms with Gasteiger partial charge in [-0.25, -0.2) is 4.98 Å². The van der Waals surface area contributed by atoms with E-state index >= 15 is 0 Å². The van der Waals surface area contributed by atoms with E-state index in [0.29, 0.717) is 29.1 Å². The Hall–Kier alpha value is -1.79. The van der Waals surface area contributed by atoms with Crippen LogP contribution in [0.15, 0.2) is 6.07 Å². The van der Waals surface area contributed by atoms with Crippen molar-refractivity contribution in [2.45, 2.75) is 20.3 Å². The molecule has 0 atom stereocenters. The van der Waals surface area contributed by atoms with Crippen LogP contribution in [0, 0.1) is 6.92 Å². The maximum Gasteiger partial charge on any atom is 0.278 e. The zero-order valence-corrected chi connectivity index (χ0v) is 12.4. The number of aromatic nitrogens is 3. The van der Waals surface area contributed by atoms with Gasteiger partial charge in [0.25, 0.3) is 5.91 Å². The number of hydrogen-bond acceptors (Lipinski definition) is 4. The second kappa shape index (κ2) is 5.68. The molecule has 20 heavy (non-hydrogen) atoms. The Balaban J connectivity index is 2.30. The molecule has 0 fully saturated rings. The fourth-order valence-electron chi connectivity index (χ4n) is 1.75. The summed E-state index contributed by atoms with van der Waals surface area (Å²) in [6.45, 7) is 3.68. The Morgan fingerprint density at radius 3 is 2.75 bits per heavy atom. The summed E-state index contributed by atoms with van der Waals surface area (Å²) in [6.07, 6.45) is 0.661. The highest BCUT2D eigenvalue weighted by Gasteiger charge is 2.19. The molecule has 0 bridgehead atoms. The van der Waals surface area contributed by atoms with Gasteiger partial charge in [-0.1, -0.05) is 30.1 Å². The van der Waals surface area contributed by atoms with Gasteiger partial charge in [-0.3, -0.25) is 9.89 Å². The second-order valence-corrected chi connectivity index (χ2v) is 4.95. The highest BCUT2D eigenvalue weighted by atomic mass is 35.5. The molecule has 2 aromatic heterocycles. The summed E-state index contributed by atoms with van der Waals surface area (Å²) in [4.78, 5) is 16.0. The average Bonchev–Trinajstić information content (AvgIpc) is 2.74. The zero-order valence-electron chi connectivity index (χ0n) is 10.9. The number of halogens is 2. The maximum absolute atomic E-state index is 12.2. The van der Waals surface area contributed by atoms with Gasteiger partial charge >= 0.3 is 0 Å². The number of nitrogen functional groups attached to an aromatic ring is 1. The number of hydrogen-bond donors (Lipinski definition) is 3. The first-order valence-corrected chi connectivity index (χ1v) is 6.66. The van der Waals surface area contributed by atoms with Crippen molar-refractivity contribution in [3.8, 4) is 0 Å². The molecule has 8 heteroatoms. The molecule has 0 aliphatic heterocycles. The number of rotatable bonds is 3. The number of nitrogens with one attached hydrogen (secondary N) is 2. The number of carbonyl (C=O) groups excluding carboxylic acids is 1. The van der Waals surface area contributed by atoms with E-state index in [2.05, 4.69) is 20.5 Å². The molecule has 106 valence electrons. The molecular formula is C12H13Cl2N5O. The summed E-state index contributed by atoms with van der Waals surface area (Å²) < 4.78 is 0. The molecule has 0 saturated carbocycles. The first-order valence-electron chi connectivity index (χ1n) is 5.90. The molecular weight excluding hydrogens is 301 g/mol. The van der Waals surface area contributed by atoms with Crippen LogP contribution in [0.5, 0.6) is 0 Å². The minimum Gasteiger partial charge on any atom is -0.395 e. The fraction of sp³-hybridized carbons (Fsp3) is 0.250. The molecule has 1 amide bonds. The van der Waals surface area contributed by atoms with Crippen LogP contribution in [0.25, 0.3) is 0 Å². The van der Waals surface area contributed by atoms with Gasteiger partial charge in [0.2, 0.25) is 0 Å². The summed E-state index contributed by atoms with van der Waals surface area (Å²) in [6, 6.07) is 1.61. The van der Waals surface area contributed by atoms with Crippen molar-refractivity contribution in [3.05, 3.63) is 33.3 Å². The molecule has 2 rings (SSSR count). The van der Waals surface area contributed by atoms with Crippen molar-refractivity contribution in [1.29, 1.82) is 0 Å². The number of aromatic amines is 1. The Morgan fingerprint density at radius 2 is 2.20 bits per heavy atom. The van der Waals surface area contributed by atoms with Crippen LogP contribution in [0.4, 0.5) is 11.4 Å². The highest BCUT2D eigenvalue weighted by Crippen LogP contribution is 2.27. The molecule has 0 aliphatic rings. The molecule has 2 aromatic rings. The lowest BCUT2D eigenvalue weighted by Crippen LogP contribution is -2.15. The summed E-state index contributed by atoms with van der Waals surface area (Å²) in [5.74, 6) is -0.451. The summed E-state index contributed by atoms with van der Waals surface area (Å²) in [5, 5.41) is 9.66. The van der Waals surface area contributed by atoms with E-state index in [4.69, 9.17) is 28.9 Å². The smallest absolute Gasteiger partial charge is 0.278 e. The van der Waals surface area contributed by atoms with Crippen molar-refractivity contribution in [3.63, 3.8) is 0 Å². The van der Waals surface area contributed by atoms with Gasteiger partial charge in [0.15, 0.2) is 10.8 Å². The van der Waals surface area contributed by atoms with Crippen LogP contribution in [-0.2, 0) is 6.42 Å². The zero-order chi connectivity index (χ0) is 14.9. The van der Waals surface area contributed by atoms with Crippen molar-refractivity contribution < 1.29 is 4.79 Å². The van der Waals surface area contributed by atoms with Crippen LogP contribution >= 0.6 is 23.2 Å². The van der Waals surface area contributed by atoms with Crippen molar-refractivity contribution in [2.24, 2.45) is 0 Å². The maximum atomic E-state index is 12.2. The first-order chi connectivity index (χ1) is 9.43. The van der Waals surface area contributed by atoms with Gasteiger partial charge in [-0.05, 0) is 25.0 Å². The number of aryl methyl sites for hydroxylation is 2. The van der Waals surface area contributed by atoms with Crippen molar-refractivity contribution >= 4 is 40.5 Å². The summed E-state index contributed by atoms with van der Waals surface area (Å²) in [7, 11) is 0. The molecule has 0 saturated heterocycles. The quantitative estimate of drug-likeness (QED) is 0.759. The van der Waals surface area contributed by atoms with Gasteiger partial charge in [0.1, 0.15) is 5.15 Å². The van der Waals surface area contributed by atoms with Crippen molar-refractivity contribution in [1.82, 2.24) is 15.2 Å². The van der Waals surface area contributed by atoms with E-state index in [1.165, 1.54) is 0 Å². The topological polar surface area (TPSA) is 96.7 Å². The summed E-state index contributed by atoms with van der Waals surface area (Å²) in [5.41, 5.74) is 8.12. The molecule has 2 heterocycles. The molecule has 4 N–H and O–H groups in total. The van der Waals surface area contributed by atoms with E-state index in [1.54, 1.807) is 13.0 Å². The van der Waals surface area contributed by atoms with Crippen molar-refractivity contribution in [2.75, 3.05) is 11.1 Å². The average molecular weight is 314 g/mol. The molecule has 0 aromatic carbocycles. The Morgan fingerprint density at radius 1 is 1.50 bits per heavy atom. The van der Waals surface area contributed by atoms with Gasteiger partial charge < -0.3 is 11.1 Å². The fourth-order valence-corrected chi connectivity index (χ4v) is 2.33. The van der Waals surface area contributed by atoms with Crippen LogP contribution < -0.4 is 11.1 Å². The van der Waals surface area contributed by atoms with Gasteiger partial charge in [-0.2, -0.15) is 5.10 Å². The van der Waals surface area contributed by atoms with Gasteiger partial charge in [0.05, 0.1) is 17.1 Å².